The van der Waals surface area contributed by atoms with Crippen molar-refractivity contribution in [2.75, 3.05) is 0 Å². The molecule has 0 bridgehead atoms. The maximum atomic E-state index is 12.8. The van der Waals surface area contributed by atoms with Crippen LogP contribution in [0.4, 0.5) is 0 Å². The zero-order valence-electron chi connectivity index (χ0n) is 10.8. The third-order valence-electron chi connectivity index (χ3n) is 3.90. The summed E-state index contributed by atoms with van der Waals surface area (Å²) in [7, 11) is -3.94. The van der Waals surface area contributed by atoms with Crippen LogP contribution in [0.3, 0.4) is 0 Å². The first-order valence-electron chi connectivity index (χ1n) is 6.17. The maximum Gasteiger partial charge on any atom is 0.325 e. The molecule has 0 unspecified atom stereocenters. The summed E-state index contributed by atoms with van der Waals surface area (Å²) in [6.45, 7) is 1.94. The van der Waals surface area contributed by atoms with Gasteiger partial charge < -0.3 is 5.11 Å². The highest BCUT2D eigenvalue weighted by Gasteiger charge is 2.60. The highest BCUT2D eigenvalue weighted by molar-refractivity contribution is 9.11. The standard InChI is InChI=1S/C13H14Br2O4S/c1-2-8-6-13(7-8,12(16)17)20(18,19)11-5-9(14)3-4-10(11)15/h3-5,8H,2,6-7H2,1H3,(H,16,17). The normalized spacial score (nSPS) is 26.1. The number of sulfone groups is 1. The van der Waals surface area contributed by atoms with E-state index in [-0.39, 0.29) is 23.7 Å². The molecule has 1 saturated carbocycles. The van der Waals surface area contributed by atoms with Crippen LogP contribution in [-0.2, 0) is 14.6 Å². The monoisotopic (exact) mass is 424 g/mol. The van der Waals surface area contributed by atoms with Gasteiger partial charge in [-0.2, -0.15) is 0 Å². The van der Waals surface area contributed by atoms with Crippen LogP contribution in [0.25, 0.3) is 0 Å². The lowest BCUT2D eigenvalue weighted by Gasteiger charge is -2.43. The lowest BCUT2D eigenvalue weighted by Crippen LogP contribution is -2.56. The molecule has 0 aliphatic heterocycles. The number of benzene rings is 1. The van der Waals surface area contributed by atoms with Crippen molar-refractivity contribution < 1.29 is 18.3 Å². The summed E-state index contributed by atoms with van der Waals surface area (Å²) < 4.78 is 24.9. The predicted octanol–water partition coefficient (Wildman–Crippen LogP) is 3.63. The Balaban J connectivity index is 2.54. The van der Waals surface area contributed by atoms with Gasteiger partial charge in [0.1, 0.15) is 0 Å². The number of halogens is 2. The fourth-order valence-electron chi connectivity index (χ4n) is 2.56. The maximum absolute atomic E-state index is 12.8. The fourth-order valence-corrected chi connectivity index (χ4v) is 6.13. The Bertz CT molecular complexity index is 648. The molecule has 1 aliphatic rings. The number of carbonyl (C=O) groups is 1. The molecule has 20 heavy (non-hydrogen) atoms. The first kappa shape index (κ1) is 16.0. The van der Waals surface area contributed by atoms with Gasteiger partial charge in [-0.15, -0.1) is 0 Å². The second kappa shape index (κ2) is 5.42. The van der Waals surface area contributed by atoms with E-state index in [1.807, 2.05) is 6.92 Å². The van der Waals surface area contributed by atoms with Crippen LogP contribution < -0.4 is 0 Å². The molecular weight excluding hydrogens is 412 g/mol. The van der Waals surface area contributed by atoms with Crippen molar-refractivity contribution in [3.8, 4) is 0 Å². The van der Waals surface area contributed by atoms with E-state index in [1.165, 1.54) is 6.07 Å². The Kier molecular flexibility index (Phi) is 4.33. The second-order valence-corrected chi connectivity index (χ2v) is 9.06. The first-order valence-corrected chi connectivity index (χ1v) is 9.24. The molecule has 1 aromatic rings. The summed E-state index contributed by atoms with van der Waals surface area (Å²) in [5.74, 6) is -1.10. The van der Waals surface area contributed by atoms with Crippen molar-refractivity contribution in [3.05, 3.63) is 27.1 Å². The van der Waals surface area contributed by atoms with E-state index in [4.69, 9.17) is 0 Å². The lowest BCUT2D eigenvalue weighted by molar-refractivity contribution is -0.144. The SMILES string of the molecule is CCC1CC(C(=O)O)(S(=O)(=O)c2cc(Br)ccc2Br)C1. The van der Waals surface area contributed by atoms with E-state index < -0.39 is 20.6 Å². The number of carboxylic acids is 1. The largest absolute Gasteiger partial charge is 0.480 e. The average molecular weight is 426 g/mol. The number of aliphatic carboxylic acids is 1. The third-order valence-corrected chi connectivity index (χ3v) is 7.80. The Morgan fingerprint density at radius 1 is 1.40 bits per heavy atom. The van der Waals surface area contributed by atoms with Gasteiger partial charge in [-0.3, -0.25) is 4.79 Å². The van der Waals surface area contributed by atoms with Crippen molar-refractivity contribution in [2.45, 2.75) is 35.8 Å². The summed E-state index contributed by atoms with van der Waals surface area (Å²) in [6.07, 6.45) is 1.16. The van der Waals surface area contributed by atoms with Gasteiger partial charge in [-0.05, 0) is 52.9 Å². The van der Waals surface area contributed by atoms with Crippen LogP contribution in [0.2, 0.25) is 0 Å². The van der Waals surface area contributed by atoms with Crippen molar-refractivity contribution in [1.29, 1.82) is 0 Å². The summed E-state index contributed by atoms with van der Waals surface area (Å²) >= 11 is 6.43. The minimum Gasteiger partial charge on any atom is -0.480 e. The van der Waals surface area contributed by atoms with Crippen LogP contribution >= 0.6 is 31.9 Å². The molecule has 4 nitrogen and oxygen atoms in total. The van der Waals surface area contributed by atoms with Gasteiger partial charge in [-0.25, -0.2) is 8.42 Å². The van der Waals surface area contributed by atoms with Gasteiger partial charge >= 0.3 is 5.97 Å². The van der Waals surface area contributed by atoms with E-state index >= 15 is 0 Å². The van der Waals surface area contributed by atoms with Gasteiger partial charge in [0.25, 0.3) is 0 Å². The fraction of sp³-hybridized carbons (Fsp3) is 0.462. The number of carboxylic acid groups (broad SMARTS) is 1. The van der Waals surface area contributed by atoms with E-state index in [9.17, 15) is 18.3 Å². The molecule has 0 amide bonds. The first-order chi connectivity index (χ1) is 9.24. The number of rotatable bonds is 4. The third kappa shape index (κ3) is 2.33. The molecule has 1 aliphatic carbocycles. The van der Waals surface area contributed by atoms with Gasteiger partial charge in [0.15, 0.2) is 14.6 Å². The molecule has 0 heterocycles. The van der Waals surface area contributed by atoms with Gasteiger partial charge in [0.2, 0.25) is 0 Å². The van der Waals surface area contributed by atoms with Crippen LogP contribution in [0.5, 0.6) is 0 Å². The van der Waals surface area contributed by atoms with Gasteiger partial charge in [-0.1, -0.05) is 29.3 Å². The van der Waals surface area contributed by atoms with E-state index in [1.54, 1.807) is 12.1 Å². The molecule has 110 valence electrons. The molecule has 1 fully saturated rings. The van der Waals surface area contributed by atoms with Gasteiger partial charge in [0.05, 0.1) is 4.90 Å². The Morgan fingerprint density at radius 3 is 2.50 bits per heavy atom. The number of hydrogen-bond donors (Lipinski definition) is 1. The van der Waals surface area contributed by atoms with E-state index in [0.717, 1.165) is 6.42 Å². The summed E-state index contributed by atoms with van der Waals surface area (Å²) in [4.78, 5) is 11.6. The molecule has 0 radical (unpaired) electrons. The summed E-state index contributed by atoms with van der Waals surface area (Å²) in [5, 5.41) is 9.45. The molecule has 0 aromatic heterocycles. The summed E-state index contributed by atoms with van der Waals surface area (Å²) in [5.41, 5.74) is 0. The second-order valence-electron chi connectivity index (χ2n) is 5.06. The Hall–Kier alpha value is -0.400. The molecule has 2 rings (SSSR count). The highest BCUT2D eigenvalue weighted by atomic mass is 79.9. The zero-order valence-corrected chi connectivity index (χ0v) is 14.8. The molecule has 0 spiro atoms. The van der Waals surface area contributed by atoms with Crippen molar-refractivity contribution in [2.24, 2.45) is 5.92 Å². The molecule has 1 N–H and O–H groups in total. The molecule has 0 saturated heterocycles. The van der Waals surface area contributed by atoms with Crippen LogP contribution in [-0.4, -0.2) is 24.2 Å². The lowest BCUT2D eigenvalue weighted by atomic mass is 9.73. The highest BCUT2D eigenvalue weighted by Crippen LogP contribution is 2.49. The average Bonchev–Trinajstić information content (AvgIpc) is 2.30. The quantitative estimate of drug-likeness (QED) is 0.799. The predicted molar refractivity (Wildman–Crippen MR) is 82.4 cm³/mol. The smallest absolute Gasteiger partial charge is 0.325 e. The topological polar surface area (TPSA) is 71.4 Å². The number of hydrogen-bond acceptors (Lipinski definition) is 3. The minimum atomic E-state index is -3.94. The van der Waals surface area contributed by atoms with E-state index in [0.29, 0.717) is 8.95 Å². The van der Waals surface area contributed by atoms with Crippen LogP contribution in [0.1, 0.15) is 26.2 Å². The van der Waals surface area contributed by atoms with Crippen LogP contribution in [0.15, 0.2) is 32.0 Å². The van der Waals surface area contributed by atoms with E-state index in [2.05, 4.69) is 31.9 Å². The molecule has 0 atom stereocenters. The van der Waals surface area contributed by atoms with Crippen LogP contribution in [0, 0.1) is 5.92 Å². The Morgan fingerprint density at radius 2 is 2.00 bits per heavy atom. The zero-order chi connectivity index (χ0) is 15.1. The molecule has 7 heteroatoms. The van der Waals surface area contributed by atoms with Crippen molar-refractivity contribution in [1.82, 2.24) is 0 Å². The van der Waals surface area contributed by atoms with Crippen molar-refractivity contribution >= 4 is 47.7 Å². The molecular formula is C13H14Br2O4S. The minimum absolute atomic E-state index is 0.0313. The van der Waals surface area contributed by atoms with Gasteiger partial charge in [0, 0.05) is 8.95 Å². The van der Waals surface area contributed by atoms with Crippen molar-refractivity contribution in [3.63, 3.8) is 0 Å². The molecule has 1 aromatic carbocycles. The Labute approximate surface area is 134 Å². The summed E-state index contributed by atoms with van der Waals surface area (Å²) in [6, 6.07) is 4.75.